The third-order valence-electron chi connectivity index (χ3n) is 5.15. The Balaban J connectivity index is 1.70. The topological polar surface area (TPSA) is 77.2 Å². The molecule has 3 rings (SSSR count). The monoisotopic (exact) mass is 346 g/mol. The highest BCUT2D eigenvalue weighted by Gasteiger charge is 2.35. The van der Waals surface area contributed by atoms with Gasteiger partial charge in [0, 0.05) is 49.7 Å². The number of aliphatic hydroxyl groups is 2. The van der Waals surface area contributed by atoms with Crippen LogP contribution in [0.2, 0.25) is 0 Å². The van der Waals surface area contributed by atoms with E-state index in [9.17, 15) is 9.90 Å². The van der Waals surface area contributed by atoms with Crippen molar-refractivity contribution >= 4 is 16.9 Å². The molecule has 0 bridgehead atoms. The lowest BCUT2D eigenvalue weighted by atomic mass is 9.96. The molecule has 1 aromatic carbocycles. The van der Waals surface area contributed by atoms with Gasteiger partial charge in [-0.3, -0.25) is 4.79 Å². The third kappa shape index (κ3) is 3.86. The van der Waals surface area contributed by atoms with Gasteiger partial charge in [0.2, 0.25) is 0 Å². The average Bonchev–Trinajstić information content (AvgIpc) is 3.26. The summed E-state index contributed by atoms with van der Waals surface area (Å²) >= 11 is 0. The molecule has 1 saturated heterocycles. The Labute approximate surface area is 147 Å². The van der Waals surface area contributed by atoms with Crippen LogP contribution in [0.1, 0.15) is 17.3 Å². The highest BCUT2D eigenvalue weighted by molar-refractivity contribution is 5.97. The van der Waals surface area contributed by atoms with Crippen LogP contribution in [0.4, 0.5) is 0 Å². The highest BCUT2D eigenvalue weighted by atomic mass is 16.3. The van der Waals surface area contributed by atoms with Crippen LogP contribution in [-0.2, 0) is 0 Å². The Morgan fingerprint density at radius 3 is 2.80 bits per heavy atom. The first-order chi connectivity index (χ1) is 12.2. The molecule has 0 unspecified atom stereocenters. The lowest BCUT2D eigenvalue weighted by Gasteiger charge is -2.25. The van der Waals surface area contributed by atoms with Crippen LogP contribution in [0.25, 0.3) is 11.0 Å². The van der Waals surface area contributed by atoms with E-state index in [0.717, 1.165) is 24.1 Å². The second kappa shape index (κ2) is 7.99. The fraction of sp³-hybridized carbons (Fsp3) is 0.526. The maximum absolute atomic E-state index is 12.9. The Kier molecular flexibility index (Phi) is 5.73. The van der Waals surface area contributed by atoms with Gasteiger partial charge in [-0.05, 0) is 36.7 Å². The van der Waals surface area contributed by atoms with Gasteiger partial charge in [0.25, 0.3) is 5.91 Å². The summed E-state index contributed by atoms with van der Waals surface area (Å²) in [6, 6.07) is 7.31. The average molecular weight is 346 g/mol. The first-order valence-electron chi connectivity index (χ1n) is 8.86. The van der Waals surface area contributed by atoms with E-state index in [1.54, 1.807) is 12.3 Å². The summed E-state index contributed by atoms with van der Waals surface area (Å²) in [6.45, 7) is 5.71. The zero-order valence-electron chi connectivity index (χ0n) is 14.6. The molecule has 0 aliphatic carbocycles. The molecule has 1 fully saturated rings. The van der Waals surface area contributed by atoms with E-state index in [1.807, 2.05) is 23.1 Å². The van der Waals surface area contributed by atoms with Gasteiger partial charge < -0.3 is 24.4 Å². The van der Waals surface area contributed by atoms with Crippen molar-refractivity contribution in [2.75, 3.05) is 45.9 Å². The number of carbonyl (C=O) groups excluding carboxylic acids is 1. The molecule has 6 heteroatoms. The molecule has 2 N–H and O–H groups in total. The largest absolute Gasteiger partial charge is 0.464 e. The smallest absolute Gasteiger partial charge is 0.253 e. The van der Waals surface area contributed by atoms with Crippen LogP contribution in [0.5, 0.6) is 0 Å². The van der Waals surface area contributed by atoms with Crippen LogP contribution in [0.15, 0.2) is 34.9 Å². The normalized spacial score (nSPS) is 20.7. The second-order valence-electron chi connectivity index (χ2n) is 6.70. The van der Waals surface area contributed by atoms with Gasteiger partial charge in [-0.25, -0.2) is 0 Å². The molecule has 6 nitrogen and oxygen atoms in total. The number of hydrogen-bond donors (Lipinski definition) is 2. The molecule has 136 valence electrons. The predicted molar refractivity (Wildman–Crippen MR) is 95.4 cm³/mol. The fourth-order valence-electron chi connectivity index (χ4n) is 3.65. The number of amides is 1. The number of aliphatic hydroxyl groups excluding tert-OH is 2. The Bertz CT molecular complexity index is 714. The van der Waals surface area contributed by atoms with E-state index in [1.165, 1.54) is 0 Å². The molecule has 1 aliphatic rings. The minimum atomic E-state index is -0.00532. The molecular formula is C19H26N2O4. The molecule has 2 aromatic rings. The van der Waals surface area contributed by atoms with Crippen molar-refractivity contribution in [1.29, 1.82) is 0 Å². The van der Waals surface area contributed by atoms with Gasteiger partial charge in [0.05, 0.1) is 12.9 Å². The van der Waals surface area contributed by atoms with E-state index in [2.05, 4.69) is 11.8 Å². The number of nitrogens with zero attached hydrogens (tertiary/aromatic N) is 2. The molecule has 25 heavy (non-hydrogen) atoms. The third-order valence-corrected chi connectivity index (χ3v) is 5.15. The molecule has 0 radical (unpaired) electrons. The van der Waals surface area contributed by atoms with Crippen LogP contribution in [-0.4, -0.2) is 71.9 Å². The molecule has 0 spiro atoms. The van der Waals surface area contributed by atoms with Crippen molar-refractivity contribution in [3.05, 3.63) is 36.1 Å². The zero-order valence-corrected chi connectivity index (χ0v) is 14.6. The first-order valence-corrected chi connectivity index (χ1v) is 8.86. The number of fused-ring (bicyclic) bond motifs is 1. The van der Waals surface area contributed by atoms with Crippen LogP contribution in [0, 0.1) is 11.8 Å². The number of furan rings is 1. The van der Waals surface area contributed by atoms with Crippen molar-refractivity contribution in [1.82, 2.24) is 9.80 Å². The standard InChI is InChI=1S/C19H26N2O4/c1-2-20(6-7-22)10-16-11-21(12-17(16)13-23)19(24)15-3-4-18-14(9-15)5-8-25-18/h3-5,8-9,16-17,22-23H,2,6-7,10-13H2,1H3/t16-,17-/m1/s1. The van der Waals surface area contributed by atoms with Crippen LogP contribution >= 0.6 is 0 Å². The van der Waals surface area contributed by atoms with E-state index in [-0.39, 0.29) is 31.0 Å². The molecule has 0 saturated carbocycles. The van der Waals surface area contributed by atoms with Crippen molar-refractivity contribution < 1.29 is 19.4 Å². The number of likely N-dealkylation sites (N-methyl/N-ethyl adjacent to an activating group) is 1. The Hall–Kier alpha value is -1.89. The van der Waals surface area contributed by atoms with Gasteiger partial charge in [0.1, 0.15) is 5.58 Å². The van der Waals surface area contributed by atoms with Gasteiger partial charge >= 0.3 is 0 Å². The Morgan fingerprint density at radius 2 is 2.08 bits per heavy atom. The number of carbonyl (C=O) groups is 1. The summed E-state index contributed by atoms with van der Waals surface area (Å²) in [7, 11) is 0. The van der Waals surface area contributed by atoms with E-state index in [4.69, 9.17) is 9.52 Å². The summed E-state index contributed by atoms with van der Waals surface area (Å²) < 4.78 is 5.32. The van der Waals surface area contributed by atoms with E-state index in [0.29, 0.717) is 25.2 Å². The van der Waals surface area contributed by atoms with Crippen molar-refractivity contribution in [2.24, 2.45) is 11.8 Å². The van der Waals surface area contributed by atoms with Gasteiger partial charge in [-0.2, -0.15) is 0 Å². The maximum Gasteiger partial charge on any atom is 0.253 e. The van der Waals surface area contributed by atoms with Crippen molar-refractivity contribution in [2.45, 2.75) is 6.92 Å². The minimum absolute atomic E-state index is 0.00532. The van der Waals surface area contributed by atoms with Gasteiger partial charge in [-0.1, -0.05) is 6.92 Å². The van der Waals surface area contributed by atoms with Gasteiger partial charge in [0.15, 0.2) is 0 Å². The molecule has 1 aromatic heterocycles. The first kappa shape index (κ1) is 17.9. The Morgan fingerprint density at radius 1 is 1.28 bits per heavy atom. The summed E-state index contributed by atoms with van der Waals surface area (Å²) in [5.41, 5.74) is 1.42. The number of benzene rings is 1. The number of likely N-dealkylation sites (tertiary alicyclic amines) is 1. The van der Waals surface area contributed by atoms with E-state index < -0.39 is 0 Å². The SMILES string of the molecule is CCN(CCO)C[C@@H]1CN(C(=O)c2ccc3occc3c2)C[C@@H]1CO. The zero-order chi connectivity index (χ0) is 17.8. The summed E-state index contributed by atoms with van der Waals surface area (Å²) in [5.74, 6) is 0.293. The molecule has 1 aliphatic heterocycles. The summed E-state index contributed by atoms with van der Waals surface area (Å²) in [4.78, 5) is 16.9. The second-order valence-corrected chi connectivity index (χ2v) is 6.70. The highest BCUT2D eigenvalue weighted by Crippen LogP contribution is 2.26. The lowest BCUT2D eigenvalue weighted by molar-refractivity contribution is 0.0778. The molecule has 2 heterocycles. The molecule has 2 atom stereocenters. The summed E-state index contributed by atoms with van der Waals surface area (Å²) in [5, 5.41) is 19.8. The van der Waals surface area contributed by atoms with Crippen molar-refractivity contribution in [3.8, 4) is 0 Å². The van der Waals surface area contributed by atoms with Crippen LogP contribution in [0.3, 0.4) is 0 Å². The van der Waals surface area contributed by atoms with Gasteiger partial charge in [-0.15, -0.1) is 0 Å². The molecule has 1 amide bonds. The molecular weight excluding hydrogens is 320 g/mol. The lowest BCUT2D eigenvalue weighted by Crippen LogP contribution is -2.36. The summed E-state index contributed by atoms with van der Waals surface area (Å²) in [6.07, 6.45) is 1.62. The number of hydrogen-bond acceptors (Lipinski definition) is 5. The van der Waals surface area contributed by atoms with E-state index >= 15 is 0 Å². The minimum Gasteiger partial charge on any atom is -0.464 e. The number of rotatable bonds is 7. The van der Waals surface area contributed by atoms with Crippen molar-refractivity contribution in [3.63, 3.8) is 0 Å². The maximum atomic E-state index is 12.9. The quantitative estimate of drug-likeness (QED) is 0.793. The predicted octanol–water partition coefficient (Wildman–Crippen LogP) is 1.43. The fourth-order valence-corrected chi connectivity index (χ4v) is 3.65. The van der Waals surface area contributed by atoms with Crippen LogP contribution < -0.4 is 0 Å².